The molecule has 0 saturated heterocycles. The second-order valence-electron chi connectivity index (χ2n) is 4.25. The zero-order valence-corrected chi connectivity index (χ0v) is 12.0. The maximum atomic E-state index is 8.70. The molecule has 0 bridgehead atoms. The molecule has 0 heterocycles. The fourth-order valence-corrected chi connectivity index (χ4v) is 2.33. The number of nitrogens with one attached hydrogen (secondary N) is 1. The van der Waals surface area contributed by atoms with Gasteiger partial charge in [0.15, 0.2) is 0 Å². The Kier molecular flexibility index (Phi) is 7.49. The van der Waals surface area contributed by atoms with Crippen LogP contribution in [0.3, 0.4) is 0 Å². The van der Waals surface area contributed by atoms with Crippen LogP contribution in [0.4, 0.5) is 0 Å². The van der Waals surface area contributed by atoms with Crippen molar-refractivity contribution >= 4 is 15.9 Å². The molecular weight excluding hydrogens is 278 g/mol. The number of rotatable bonds is 8. The zero-order valence-electron chi connectivity index (χ0n) is 10.5. The van der Waals surface area contributed by atoms with Crippen LogP contribution in [0.1, 0.15) is 44.2 Å². The van der Waals surface area contributed by atoms with Gasteiger partial charge in [-0.2, -0.15) is 0 Å². The highest BCUT2D eigenvalue weighted by Gasteiger charge is 2.07. The highest BCUT2D eigenvalue weighted by molar-refractivity contribution is 9.10. The fourth-order valence-electron chi connectivity index (χ4n) is 1.91. The van der Waals surface area contributed by atoms with E-state index >= 15 is 0 Å². The summed E-state index contributed by atoms with van der Waals surface area (Å²) in [6.07, 6.45) is 4.23. The van der Waals surface area contributed by atoms with Crippen LogP contribution in [0, 0.1) is 0 Å². The number of hydrogen-bond donors (Lipinski definition) is 2. The monoisotopic (exact) mass is 299 g/mol. The summed E-state index contributed by atoms with van der Waals surface area (Å²) in [6, 6.07) is 8.91. The van der Waals surface area contributed by atoms with Gasteiger partial charge in [0.05, 0.1) is 0 Å². The van der Waals surface area contributed by atoms with E-state index in [1.165, 1.54) is 5.56 Å². The minimum absolute atomic E-state index is 0.308. The Balaban J connectivity index is 2.38. The summed E-state index contributed by atoms with van der Waals surface area (Å²) in [4.78, 5) is 0. The van der Waals surface area contributed by atoms with Gasteiger partial charge in [-0.3, -0.25) is 0 Å². The highest BCUT2D eigenvalue weighted by Crippen LogP contribution is 2.20. The van der Waals surface area contributed by atoms with E-state index in [2.05, 4.69) is 52.4 Å². The quantitative estimate of drug-likeness (QED) is 0.718. The Bertz CT molecular complexity index is 317. The third kappa shape index (κ3) is 5.66. The van der Waals surface area contributed by atoms with E-state index in [9.17, 15) is 0 Å². The first kappa shape index (κ1) is 14.7. The predicted molar refractivity (Wildman–Crippen MR) is 76.1 cm³/mol. The molecule has 0 radical (unpaired) electrons. The van der Waals surface area contributed by atoms with E-state index in [0.29, 0.717) is 12.6 Å². The van der Waals surface area contributed by atoms with Crippen LogP contribution in [-0.2, 0) is 0 Å². The third-order valence-electron chi connectivity index (χ3n) is 2.88. The number of hydrogen-bond acceptors (Lipinski definition) is 2. The normalized spacial score (nSPS) is 12.6. The maximum absolute atomic E-state index is 8.70. The van der Waals surface area contributed by atoms with Crippen LogP contribution in [0.25, 0.3) is 0 Å². The lowest BCUT2D eigenvalue weighted by Gasteiger charge is -2.17. The van der Waals surface area contributed by atoms with Gasteiger partial charge < -0.3 is 10.4 Å². The van der Waals surface area contributed by atoms with Gasteiger partial charge in [-0.15, -0.1) is 0 Å². The molecule has 0 aliphatic heterocycles. The smallest absolute Gasteiger partial charge is 0.0431 e. The Labute approximate surface area is 113 Å². The average molecular weight is 300 g/mol. The Morgan fingerprint density at radius 3 is 2.76 bits per heavy atom. The first-order valence-electron chi connectivity index (χ1n) is 6.37. The van der Waals surface area contributed by atoms with Gasteiger partial charge in [0.25, 0.3) is 0 Å². The van der Waals surface area contributed by atoms with Crippen LogP contribution < -0.4 is 5.32 Å². The second-order valence-corrected chi connectivity index (χ2v) is 5.17. The Hall–Kier alpha value is -0.380. The highest BCUT2D eigenvalue weighted by atomic mass is 79.9. The molecule has 0 aliphatic carbocycles. The van der Waals surface area contributed by atoms with Crippen molar-refractivity contribution in [3.8, 4) is 0 Å². The Morgan fingerprint density at radius 1 is 1.29 bits per heavy atom. The minimum atomic E-state index is 0.308. The second kappa shape index (κ2) is 8.67. The van der Waals surface area contributed by atoms with Crippen LogP contribution >= 0.6 is 15.9 Å². The Morgan fingerprint density at radius 2 is 2.12 bits per heavy atom. The number of unbranched alkanes of at least 4 members (excludes halogenated alkanes) is 2. The lowest BCUT2D eigenvalue weighted by atomic mass is 10.0. The van der Waals surface area contributed by atoms with Gasteiger partial charge in [-0.05, 0) is 49.9 Å². The van der Waals surface area contributed by atoms with E-state index in [1.54, 1.807) is 0 Å². The minimum Gasteiger partial charge on any atom is -0.396 e. The van der Waals surface area contributed by atoms with Crippen LogP contribution in [0.15, 0.2) is 28.7 Å². The summed E-state index contributed by atoms with van der Waals surface area (Å²) in [5.74, 6) is 0. The first-order valence-corrected chi connectivity index (χ1v) is 7.17. The molecule has 1 rings (SSSR count). The molecular formula is C14H22BrNO. The standard InChI is InChI=1S/C14H22BrNO/c1-2-14(16-9-4-3-5-10-17)12-7-6-8-13(15)11-12/h6-8,11,14,16-17H,2-5,9-10H2,1H3. The number of halogens is 1. The third-order valence-corrected chi connectivity index (χ3v) is 3.38. The molecule has 1 aromatic carbocycles. The lowest BCUT2D eigenvalue weighted by Crippen LogP contribution is -2.21. The van der Waals surface area contributed by atoms with Crippen LogP contribution in [-0.4, -0.2) is 18.3 Å². The number of aliphatic hydroxyl groups is 1. The molecule has 1 aromatic rings. The van der Waals surface area contributed by atoms with Gasteiger partial charge in [0.2, 0.25) is 0 Å². The van der Waals surface area contributed by atoms with Crippen molar-refractivity contribution in [1.29, 1.82) is 0 Å². The summed E-state index contributed by atoms with van der Waals surface area (Å²) < 4.78 is 1.13. The number of benzene rings is 1. The summed E-state index contributed by atoms with van der Waals surface area (Å²) >= 11 is 3.51. The van der Waals surface area contributed by atoms with E-state index in [4.69, 9.17) is 5.11 Å². The molecule has 0 spiro atoms. The molecule has 96 valence electrons. The van der Waals surface area contributed by atoms with E-state index in [1.807, 2.05) is 0 Å². The van der Waals surface area contributed by atoms with E-state index in [0.717, 1.165) is 36.7 Å². The van der Waals surface area contributed by atoms with E-state index < -0.39 is 0 Å². The summed E-state index contributed by atoms with van der Waals surface area (Å²) in [6.45, 7) is 3.53. The molecule has 2 nitrogen and oxygen atoms in total. The predicted octanol–water partition coefficient (Wildman–Crippen LogP) is 3.65. The van der Waals surface area contributed by atoms with Gasteiger partial charge in [-0.1, -0.05) is 35.0 Å². The summed E-state index contributed by atoms with van der Waals surface area (Å²) in [5, 5.41) is 12.3. The van der Waals surface area contributed by atoms with Gasteiger partial charge in [0, 0.05) is 17.1 Å². The maximum Gasteiger partial charge on any atom is 0.0431 e. The molecule has 1 unspecified atom stereocenters. The SMILES string of the molecule is CCC(NCCCCCO)c1cccc(Br)c1. The fraction of sp³-hybridized carbons (Fsp3) is 0.571. The van der Waals surface area contributed by atoms with Crippen molar-refractivity contribution in [2.75, 3.05) is 13.2 Å². The van der Waals surface area contributed by atoms with Gasteiger partial charge in [-0.25, -0.2) is 0 Å². The van der Waals surface area contributed by atoms with Crippen molar-refractivity contribution in [3.63, 3.8) is 0 Å². The number of aliphatic hydroxyl groups excluding tert-OH is 1. The van der Waals surface area contributed by atoms with Crippen molar-refractivity contribution in [3.05, 3.63) is 34.3 Å². The first-order chi connectivity index (χ1) is 8.27. The van der Waals surface area contributed by atoms with Crippen molar-refractivity contribution in [2.45, 2.75) is 38.6 Å². The molecule has 0 saturated carbocycles. The summed E-state index contributed by atoms with van der Waals surface area (Å²) in [7, 11) is 0. The topological polar surface area (TPSA) is 32.3 Å². The van der Waals surface area contributed by atoms with Crippen LogP contribution in [0.5, 0.6) is 0 Å². The summed E-state index contributed by atoms with van der Waals surface area (Å²) in [5.41, 5.74) is 1.34. The molecule has 3 heteroatoms. The van der Waals surface area contributed by atoms with Gasteiger partial charge in [0.1, 0.15) is 0 Å². The molecule has 1 atom stereocenters. The van der Waals surface area contributed by atoms with Crippen LogP contribution in [0.2, 0.25) is 0 Å². The van der Waals surface area contributed by atoms with Crippen molar-refractivity contribution in [2.24, 2.45) is 0 Å². The molecule has 2 N–H and O–H groups in total. The van der Waals surface area contributed by atoms with E-state index in [-0.39, 0.29) is 0 Å². The molecule has 0 aromatic heterocycles. The molecule has 17 heavy (non-hydrogen) atoms. The van der Waals surface area contributed by atoms with Crippen molar-refractivity contribution in [1.82, 2.24) is 5.32 Å². The lowest BCUT2D eigenvalue weighted by molar-refractivity contribution is 0.282. The zero-order chi connectivity index (χ0) is 12.5. The molecule has 0 amide bonds. The average Bonchev–Trinajstić information content (AvgIpc) is 2.34. The largest absolute Gasteiger partial charge is 0.396 e. The molecule has 0 fully saturated rings. The molecule has 0 aliphatic rings. The van der Waals surface area contributed by atoms with Gasteiger partial charge >= 0.3 is 0 Å². The van der Waals surface area contributed by atoms with Crippen molar-refractivity contribution < 1.29 is 5.11 Å².